The number of amides is 3. The molecule has 0 heterocycles. The lowest BCUT2D eigenvalue weighted by Crippen LogP contribution is -2.53. The maximum atomic E-state index is 12.4. The van der Waals surface area contributed by atoms with Crippen molar-refractivity contribution < 1.29 is 24.3 Å². The van der Waals surface area contributed by atoms with E-state index in [0.29, 0.717) is 5.75 Å². The molecule has 0 saturated carbocycles. The van der Waals surface area contributed by atoms with Crippen molar-refractivity contribution in [1.29, 1.82) is 0 Å². The number of thioether (sulfide) groups is 1. The Morgan fingerprint density at radius 2 is 1.76 bits per heavy atom. The highest BCUT2D eigenvalue weighted by molar-refractivity contribution is 7.98. The fraction of sp³-hybridized carbons (Fsp3) is 0.474. The van der Waals surface area contributed by atoms with Gasteiger partial charge in [-0.15, -0.1) is 0 Å². The molecule has 0 aromatic heterocycles. The Bertz CT molecular complexity index is 711. The van der Waals surface area contributed by atoms with Crippen molar-refractivity contribution in [3.63, 3.8) is 0 Å². The monoisotopic (exact) mass is 424 g/mol. The van der Waals surface area contributed by atoms with Crippen molar-refractivity contribution >= 4 is 35.5 Å². The van der Waals surface area contributed by atoms with Crippen LogP contribution >= 0.6 is 11.8 Å². The van der Waals surface area contributed by atoms with Crippen LogP contribution in [0.5, 0.6) is 0 Å². The van der Waals surface area contributed by atoms with Gasteiger partial charge in [0.2, 0.25) is 17.7 Å². The van der Waals surface area contributed by atoms with Crippen LogP contribution in [0.4, 0.5) is 0 Å². The molecule has 0 radical (unpaired) electrons. The molecular weight excluding hydrogens is 396 g/mol. The van der Waals surface area contributed by atoms with Gasteiger partial charge in [-0.25, -0.2) is 0 Å². The highest BCUT2D eigenvalue weighted by Gasteiger charge is 2.24. The summed E-state index contributed by atoms with van der Waals surface area (Å²) in [7, 11) is 0. The second kappa shape index (κ2) is 12.8. The average molecular weight is 425 g/mol. The molecule has 0 aliphatic heterocycles. The minimum absolute atomic E-state index is 0.0355. The number of rotatable bonds is 13. The van der Waals surface area contributed by atoms with Crippen molar-refractivity contribution in [3.8, 4) is 0 Å². The molecule has 29 heavy (non-hydrogen) atoms. The zero-order valence-electron chi connectivity index (χ0n) is 16.3. The van der Waals surface area contributed by atoms with E-state index in [-0.39, 0.29) is 31.6 Å². The van der Waals surface area contributed by atoms with E-state index in [1.165, 1.54) is 11.8 Å². The lowest BCUT2D eigenvalue weighted by atomic mass is 10.1. The Balaban J connectivity index is 2.64. The molecule has 0 spiro atoms. The molecule has 160 valence electrons. The molecule has 0 aliphatic rings. The first-order valence-corrected chi connectivity index (χ1v) is 10.3. The van der Waals surface area contributed by atoms with E-state index >= 15 is 0 Å². The lowest BCUT2D eigenvalue weighted by Gasteiger charge is -2.20. The second-order valence-electron chi connectivity index (χ2n) is 6.61. The van der Waals surface area contributed by atoms with Gasteiger partial charge in [0.15, 0.2) is 0 Å². The van der Waals surface area contributed by atoms with Gasteiger partial charge in [-0.3, -0.25) is 19.2 Å². The highest BCUT2D eigenvalue weighted by atomic mass is 32.2. The van der Waals surface area contributed by atoms with Crippen LogP contribution in [-0.4, -0.2) is 53.2 Å². The number of nitrogens with two attached hydrogens (primary N) is 2. The highest BCUT2D eigenvalue weighted by Crippen LogP contribution is 2.14. The van der Waals surface area contributed by atoms with E-state index in [1.807, 2.05) is 31.2 Å². The summed E-state index contributed by atoms with van der Waals surface area (Å²) in [5, 5.41) is 13.8. The Kier molecular flexibility index (Phi) is 10.8. The molecule has 0 fully saturated rings. The van der Waals surface area contributed by atoms with Gasteiger partial charge in [-0.05, 0) is 18.9 Å². The van der Waals surface area contributed by atoms with Gasteiger partial charge in [-0.1, -0.05) is 29.8 Å². The number of aliphatic carboxylic acids is 1. The second-order valence-corrected chi connectivity index (χ2v) is 7.64. The van der Waals surface area contributed by atoms with E-state index in [4.69, 9.17) is 16.6 Å². The molecule has 7 N–H and O–H groups in total. The number of aryl methyl sites for hydroxylation is 1. The molecule has 2 unspecified atom stereocenters. The van der Waals surface area contributed by atoms with E-state index in [9.17, 15) is 19.2 Å². The Labute approximate surface area is 174 Å². The fourth-order valence-electron chi connectivity index (χ4n) is 2.29. The summed E-state index contributed by atoms with van der Waals surface area (Å²) in [6.45, 7) is 1.95. The van der Waals surface area contributed by atoms with Crippen LogP contribution in [0.25, 0.3) is 0 Å². The van der Waals surface area contributed by atoms with Crippen molar-refractivity contribution in [2.24, 2.45) is 11.5 Å². The van der Waals surface area contributed by atoms with Gasteiger partial charge < -0.3 is 27.2 Å². The van der Waals surface area contributed by atoms with Crippen molar-refractivity contribution in [3.05, 3.63) is 35.4 Å². The van der Waals surface area contributed by atoms with Crippen LogP contribution in [-0.2, 0) is 24.9 Å². The number of hydrogen-bond acceptors (Lipinski definition) is 6. The third kappa shape index (κ3) is 10.5. The molecule has 1 aromatic carbocycles. The molecule has 3 amide bonds. The van der Waals surface area contributed by atoms with Crippen molar-refractivity contribution in [2.45, 2.75) is 44.0 Å². The molecule has 1 rings (SSSR count). The number of hydrogen-bond donors (Lipinski definition) is 5. The van der Waals surface area contributed by atoms with Crippen molar-refractivity contribution in [2.75, 3.05) is 12.3 Å². The maximum Gasteiger partial charge on any atom is 0.305 e. The molecule has 0 saturated heterocycles. The molecule has 0 bridgehead atoms. The number of carboxylic acid groups (broad SMARTS) is 1. The molecular formula is C19H28N4O5S. The smallest absolute Gasteiger partial charge is 0.305 e. The number of carboxylic acids is 1. The molecule has 9 nitrogen and oxygen atoms in total. The first-order valence-electron chi connectivity index (χ1n) is 9.16. The first-order chi connectivity index (χ1) is 13.7. The largest absolute Gasteiger partial charge is 0.481 e. The third-order valence-corrected chi connectivity index (χ3v) is 5.09. The minimum atomic E-state index is -1.03. The molecule has 10 heteroatoms. The summed E-state index contributed by atoms with van der Waals surface area (Å²) >= 11 is 1.45. The Morgan fingerprint density at radius 1 is 1.10 bits per heavy atom. The van der Waals surface area contributed by atoms with Crippen LogP contribution in [0.1, 0.15) is 30.4 Å². The molecule has 1 aromatic rings. The lowest BCUT2D eigenvalue weighted by molar-refractivity contribution is -0.137. The Morgan fingerprint density at radius 3 is 2.34 bits per heavy atom. The number of benzene rings is 1. The summed E-state index contributed by atoms with van der Waals surface area (Å²) in [6.07, 6.45) is -0.182. The number of nitrogens with one attached hydrogen (secondary N) is 2. The van der Waals surface area contributed by atoms with Gasteiger partial charge in [-0.2, -0.15) is 11.8 Å². The summed E-state index contributed by atoms with van der Waals surface area (Å²) in [6, 6.07) is 6.10. The van der Waals surface area contributed by atoms with Crippen LogP contribution in [0.2, 0.25) is 0 Å². The average Bonchev–Trinajstić information content (AvgIpc) is 2.66. The van der Waals surface area contributed by atoms with Crippen LogP contribution in [0.15, 0.2) is 24.3 Å². The first kappa shape index (κ1) is 24.4. The van der Waals surface area contributed by atoms with Gasteiger partial charge in [0.25, 0.3) is 0 Å². The zero-order valence-corrected chi connectivity index (χ0v) is 17.2. The van der Waals surface area contributed by atoms with Gasteiger partial charge in [0.05, 0.1) is 12.5 Å². The van der Waals surface area contributed by atoms with Gasteiger partial charge in [0.1, 0.15) is 6.04 Å². The summed E-state index contributed by atoms with van der Waals surface area (Å²) in [5.41, 5.74) is 13.0. The van der Waals surface area contributed by atoms with E-state index in [1.54, 1.807) is 0 Å². The van der Waals surface area contributed by atoms with Crippen LogP contribution in [0, 0.1) is 6.92 Å². The quantitative estimate of drug-likeness (QED) is 0.295. The maximum absolute atomic E-state index is 12.4. The normalized spacial score (nSPS) is 12.6. The number of carbonyl (C=O) groups is 4. The topological polar surface area (TPSA) is 165 Å². The standard InChI is InChI=1S/C19H28N4O5S/c1-12-2-4-13(5-3-12)10-29-11-15(19(28)22-9-8-17(25)26)23-18(27)14(20)6-7-16(21)24/h2-5,14-15H,6-11,20H2,1H3,(H2,21,24)(H,22,28)(H,23,27)(H,25,26). The van der Waals surface area contributed by atoms with E-state index in [2.05, 4.69) is 10.6 Å². The van der Waals surface area contributed by atoms with Gasteiger partial charge >= 0.3 is 5.97 Å². The number of carbonyl (C=O) groups excluding carboxylic acids is 3. The van der Waals surface area contributed by atoms with E-state index < -0.39 is 35.8 Å². The molecule has 2 atom stereocenters. The predicted molar refractivity (Wildman–Crippen MR) is 111 cm³/mol. The summed E-state index contributed by atoms with van der Waals surface area (Å²) < 4.78 is 0. The summed E-state index contributed by atoms with van der Waals surface area (Å²) in [4.78, 5) is 46.1. The number of primary amides is 1. The Hall–Kier alpha value is -2.59. The fourth-order valence-corrected chi connectivity index (χ4v) is 3.30. The minimum Gasteiger partial charge on any atom is -0.481 e. The summed E-state index contributed by atoms with van der Waals surface area (Å²) in [5.74, 6) is -1.74. The van der Waals surface area contributed by atoms with Crippen LogP contribution in [0.3, 0.4) is 0 Å². The zero-order chi connectivity index (χ0) is 21.8. The third-order valence-electron chi connectivity index (χ3n) is 3.98. The van der Waals surface area contributed by atoms with Crippen molar-refractivity contribution in [1.82, 2.24) is 10.6 Å². The van der Waals surface area contributed by atoms with Gasteiger partial charge in [0, 0.05) is 24.5 Å². The predicted octanol–water partition coefficient (Wildman–Crippen LogP) is -0.103. The van der Waals surface area contributed by atoms with E-state index in [0.717, 1.165) is 11.1 Å². The van der Waals surface area contributed by atoms with Crippen LogP contribution < -0.4 is 22.1 Å². The SMILES string of the molecule is Cc1ccc(CSCC(NC(=O)C(N)CCC(N)=O)C(=O)NCCC(=O)O)cc1. The molecule has 0 aliphatic carbocycles.